The number of hydrogen-bond donors (Lipinski definition) is 11. The summed E-state index contributed by atoms with van der Waals surface area (Å²) in [7, 11) is -11.8. The zero-order valence-corrected chi connectivity index (χ0v) is 36.6. The molecule has 18 heteroatoms. The van der Waals surface area contributed by atoms with Crippen LogP contribution in [0.25, 0.3) is 0 Å². The van der Waals surface area contributed by atoms with Crippen LogP contribution in [-0.2, 0) is 36.4 Å². The van der Waals surface area contributed by atoms with Gasteiger partial charge in [-0.25, -0.2) is 0 Å². The molecule has 0 aromatic heterocycles. The monoisotopic (exact) mass is 822 g/mol. The van der Waals surface area contributed by atoms with Crippen LogP contribution in [0.15, 0.2) is 24.3 Å². The third-order valence-electron chi connectivity index (χ3n) is 7.54. The van der Waals surface area contributed by atoms with Gasteiger partial charge in [-0.15, -0.1) is 0 Å². The second-order valence-electron chi connectivity index (χ2n) is 15.0. The van der Waals surface area contributed by atoms with Crippen molar-refractivity contribution < 1.29 is 67.8 Å². The molecular formula is C34H66O14P4. The van der Waals surface area contributed by atoms with Gasteiger partial charge in [0.1, 0.15) is 0 Å². The third-order valence-corrected chi connectivity index (χ3v) is 12.3. The first-order valence-corrected chi connectivity index (χ1v) is 22.5. The fraction of sp³-hybridized carbons (Fsp3) is 0.647. The van der Waals surface area contributed by atoms with Crippen LogP contribution in [0.2, 0.25) is 0 Å². The molecule has 2 aromatic carbocycles. The molecule has 2 aromatic rings. The minimum Gasteiger partial charge on any atom is -0.328 e. The average Bonchev–Trinajstić information content (AvgIpc) is 2.93. The molecule has 0 heterocycles. The normalized spacial score (nSPS) is 13.1. The van der Waals surface area contributed by atoms with Gasteiger partial charge in [0.25, 0.3) is 0 Å². The van der Waals surface area contributed by atoms with Crippen LogP contribution in [0.5, 0.6) is 11.5 Å². The average molecular weight is 823 g/mol. The van der Waals surface area contributed by atoms with Gasteiger partial charge in [-0.3, -0.25) is 0 Å². The summed E-state index contributed by atoms with van der Waals surface area (Å²) < 4.78 is 20.8. The van der Waals surface area contributed by atoms with Crippen molar-refractivity contribution in [2.75, 3.05) is 19.4 Å². The van der Waals surface area contributed by atoms with E-state index in [2.05, 4.69) is 87.4 Å². The quantitative estimate of drug-likeness (QED) is 0.103. The van der Waals surface area contributed by atoms with Crippen LogP contribution in [0.1, 0.15) is 124 Å². The number of aryl methyl sites for hydroxylation is 1. The van der Waals surface area contributed by atoms with E-state index in [0.29, 0.717) is 25.1 Å². The summed E-state index contributed by atoms with van der Waals surface area (Å²) in [6, 6.07) is 8.04. The van der Waals surface area contributed by atoms with Gasteiger partial charge in [0.05, 0.1) is 0 Å². The molecule has 14 nitrogen and oxygen atoms in total. The molecule has 0 aliphatic rings. The second kappa shape index (κ2) is 22.7. The molecule has 0 saturated carbocycles. The Balaban J connectivity index is 0. The van der Waals surface area contributed by atoms with E-state index in [4.69, 9.17) is 57.6 Å². The van der Waals surface area contributed by atoms with Gasteiger partial charge < -0.3 is 44.0 Å². The topological polar surface area (TPSA) is 250 Å². The van der Waals surface area contributed by atoms with Gasteiger partial charge in [-0.1, -0.05) is 0 Å². The van der Waals surface area contributed by atoms with E-state index in [1.165, 1.54) is 0 Å². The predicted octanol–water partition coefficient (Wildman–Crippen LogP) is 6.88. The van der Waals surface area contributed by atoms with Crippen LogP contribution in [-0.4, -0.2) is 73.6 Å². The summed E-state index contributed by atoms with van der Waals surface area (Å²) in [6.07, 6.45) is 2.46. The first-order chi connectivity index (χ1) is 23.4. The zero-order valence-electron chi connectivity index (χ0n) is 33.0. The summed E-state index contributed by atoms with van der Waals surface area (Å²) in [5.74, 6) is 0.628. The smallest absolute Gasteiger partial charge is 0.324 e. The van der Waals surface area contributed by atoms with Crippen molar-refractivity contribution >= 4 is 38.4 Å². The number of rotatable bonds is 11. The standard InChI is InChI=1S/C34H57O5P.3H3O3P/c1-14-17-18-40(37-15-2,38-16-3,30-22-26(32(5,6)7)29(35)19-24(30)4)39-23-25-20-27(33(8,9)10)31(36)28(21-25)34(11,12)13;3*1-4(2)3/h19-22,35-36H,14-18,23H2,1-13H3;3*1-3H. The van der Waals surface area contributed by atoms with Crippen LogP contribution in [0, 0.1) is 6.92 Å². The van der Waals surface area contributed by atoms with Gasteiger partial charge in [0, 0.05) is 0 Å². The maximum Gasteiger partial charge on any atom is 0.324 e. The molecule has 0 spiro atoms. The molecule has 0 radical (unpaired) electrons. The Labute approximate surface area is 314 Å². The van der Waals surface area contributed by atoms with E-state index in [0.717, 1.165) is 46.0 Å². The van der Waals surface area contributed by atoms with Gasteiger partial charge in [0.2, 0.25) is 0 Å². The van der Waals surface area contributed by atoms with Crippen molar-refractivity contribution in [3.8, 4) is 11.5 Å². The number of hydrogen-bond acceptors (Lipinski definition) is 14. The molecule has 0 bridgehead atoms. The van der Waals surface area contributed by atoms with E-state index in [1.54, 1.807) is 0 Å². The van der Waals surface area contributed by atoms with Gasteiger partial charge in [-0.2, -0.15) is 0 Å². The molecule has 306 valence electrons. The van der Waals surface area contributed by atoms with E-state index in [-0.39, 0.29) is 28.6 Å². The number of phenolic OH excluding ortho intramolecular Hbond substituents is 2. The van der Waals surface area contributed by atoms with E-state index in [1.807, 2.05) is 26.8 Å². The van der Waals surface area contributed by atoms with Crippen LogP contribution >= 0.6 is 33.1 Å². The molecule has 11 N–H and O–H groups in total. The SMILES string of the molecule is CCCCP(OCC)(OCC)(OCc1cc(C(C)(C)C)c(O)c(C(C)(C)C)c1)c1cc(C(C)(C)C)c(O)cc1C.OP(O)O.OP(O)O.OP(O)O. The zero-order chi connectivity index (χ0) is 41.5. The first-order valence-electron chi connectivity index (χ1n) is 16.7. The maximum absolute atomic E-state index is 11.3. The molecule has 0 aliphatic carbocycles. The molecular weight excluding hydrogens is 756 g/mol. The molecule has 0 unspecified atom stereocenters. The van der Waals surface area contributed by atoms with Crippen LogP contribution < -0.4 is 5.30 Å². The van der Waals surface area contributed by atoms with Gasteiger partial charge in [-0.05, 0) is 0 Å². The third kappa shape index (κ3) is 17.8. The van der Waals surface area contributed by atoms with Gasteiger partial charge >= 0.3 is 271 Å². The van der Waals surface area contributed by atoms with Crippen molar-refractivity contribution in [1.29, 1.82) is 0 Å². The second-order valence-corrected chi connectivity index (χ2v) is 20.4. The Morgan fingerprint density at radius 2 is 0.942 bits per heavy atom. The molecule has 0 amide bonds. The van der Waals surface area contributed by atoms with E-state index >= 15 is 0 Å². The molecule has 0 fully saturated rings. The summed E-state index contributed by atoms with van der Waals surface area (Å²) in [5.41, 5.74) is 3.74. The van der Waals surface area contributed by atoms with Crippen molar-refractivity contribution in [3.05, 3.63) is 52.1 Å². The maximum atomic E-state index is 11.3. The minimum atomic E-state index is -3.93. The predicted molar refractivity (Wildman–Crippen MR) is 212 cm³/mol. The van der Waals surface area contributed by atoms with Crippen molar-refractivity contribution in [3.63, 3.8) is 0 Å². The van der Waals surface area contributed by atoms with Gasteiger partial charge in [0.15, 0.2) is 0 Å². The molecule has 52 heavy (non-hydrogen) atoms. The number of aromatic hydroxyl groups is 2. The van der Waals surface area contributed by atoms with E-state index < -0.39 is 33.1 Å². The van der Waals surface area contributed by atoms with Crippen molar-refractivity contribution in [1.82, 2.24) is 0 Å². The summed E-state index contributed by atoms with van der Waals surface area (Å²) >= 11 is 0. The summed E-state index contributed by atoms with van der Waals surface area (Å²) in [4.78, 5) is 65.1. The van der Waals surface area contributed by atoms with Crippen molar-refractivity contribution in [2.24, 2.45) is 0 Å². The van der Waals surface area contributed by atoms with Crippen LogP contribution in [0.4, 0.5) is 0 Å². The number of benzene rings is 2. The number of unbranched alkanes of at least 4 members (excludes halogenated alkanes) is 1. The fourth-order valence-electron chi connectivity index (χ4n) is 5.46. The Morgan fingerprint density at radius 3 is 1.25 bits per heavy atom. The Bertz CT molecular complexity index is 1270. The molecule has 0 saturated heterocycles. The fourth-order valence-corrected chi connectivity index (χ4v) is 10.2. The van der Waals surface area contributed by atoms with E-state index in [9.17, 15) is 10.2 Å². The van der Waals surface area contributed by atoms with Crippen molar-refractivity contribution in [2.45, 2.75) is 126 Å². The molecule has 0 aliphatic heterocycles. The Kier molecular flexibility index (Phi) is 23.3. The van der Waals surface area contributed by atoms with Crippen LogP contribution in [0.3, 0.4) is 0 Å². The Hall–Kier alpha value is -0.720. The minimum absolute atomic E-state index is 0.247. The molecule has 2 rings (SSSR count). The number of phenols is 2. The Morgan fingerprint density at radius 1 is 0.577 bits per heavy atom. The molecule has 0 atom stereocenters. The summed E-state index contributed by atoms with van der Waals surface area (Å²) in [5, 5.41) is 23.2. The summed E-state index contributed by atoms with van der Waals surface area (Å²) in [6.45, 7) is 28.3. The first kappa shape index (κ1) is 53.4. The largest absolute Gasteiger partial charge is 0.328 e.